The summed E-state index contributed by atoms with van der Waals surface area (Å²) >= 11 is 0. The molecule has 0 spiro atoms. The van der Waals surface area contributed by atoms with Crippen molar-refractivity contribution in [3.05, 3.63) is 35.4 Å². The summed E-state index contributed by atoms with van der Waals surface area (Å²) in [6.07, 6.45) is 0. The standard InChI is InChI=1S/C16H24N2O2/c1-13(2)11-17-16(19)15-5-3-14(4-6-15)12-18-7-9-20-10-8-18/h3-6,13H,7-12H2,1-2H3,(H,17,19)/p+1. The van der Waals surface area contributed by atoms with Crippen LogP contribution in [-0.2, 0) is 11.3 Å². The van der Waals surface area contributed by atoms with E-state index in [0.29, 0.717) is 5.92 Å². The molecular weight excluding hydrogens is 252 g/mol. The smallest absolute Gasteiger partial charge is 0.251 e. The second-order valence-electron chi connectivity index (χ2n) is 5.84. The van der Waals surface area contributed by atoms with Crippen molar-refractivity contribution >= 4 is 5.91 Å². The van der Waals surface area contributed by atoms with Crippen LogP contribution in [0, 0.1) is 5.92 Å². The summed E-state index contributed by atoms with van der Waals surface area (Å²) in [6, 6.07) is 7.97. The van der Waals surface area contributed by atoms with Crippen LogP contribution < -0.4 is 10.2 Å². The third-order valence-electron chi connectivity index (χ3n) is 3.54. The Hall–Kier alpha value is -1.39. The Kier molecular flexibility index (Phi) is 5.56. The molecule has 110 valence electrons. The number of amides is 1. The lowest BCUT2D eigenvalue weighted by molar-refractivity contribution is -0.921. The molecule has 1 amide bonds. The van der Waals surface area contributed by atoms with Crippen molar-refractivity contribution in [3.63, 3.8) is 0 Å². The van der Waals surface area contributed by atoms with E-state index in [0.717, 1.165) is 45.0 Å². The molecule has 0 radical (unpaired) electrons. The average Bonchev–Trinajstić information content (AvgIpc) is 2.46. The lowest BCUT2D eigenvalue weighted by Gasteiger charge is -2.23. The fraction of sp³-hybridized carbons (Fsp3) is 0.562. The van der Waals surface area contributed by atoms with E-state index < -0.39 is 0 Å². The van der Waals surface area contributed by atoms with Crippen molar-refractivity contribution in [1.82, 2.24) is 5.32 Å². The molecular formula is C16H25N2O2+. The summed E-state index contributed by atoms with van der Waals surface area (Å²) < 4.78 is 5.36. The van der Waals surface area contributed by atoms with Crippen molar-refractivity contribution in [3.8, 4) is 0 Å². The third kappa shape index (κ3) is 4.62. The van der Waals surface area contributed by atoms with Gasteiger partial charge in [0, 0.05) is 17.7 Å². The molecule has 1 fully saturated rings. The average molecular weight is 277 g/mol. The van der Waals surface area contributed by atoms with Crippen LogP contribution in [0.2, 0.25) is 0 Å². The number of carbonyl (C=O) groups excluding carboxylic acids is 1. The second-order valence-corrected chi connectivity index (χ2v) is 5.84. The number of morpholine rings is 1. The molecule has 0 aromatic heterocycles. The van der Waals surface area contributed by atoms with Gasteiger partial charge in [0.1, 0.15) is 19.6 Å². The summed E-state index contributed by atoms with van der Waals surface area (Å²) in [5, 5.41) is 2.94. The van der Waals surface area contributed by atoms with Gasteiger partial charge >= 0.3 is 0 Å². The van der Waals surface area contributed by atoms with Gasteiger partial charge in [-0.25, -0.2) is 0 Å². The topological polar surface area (TPSA) is 42.8 Å². The molecule has 0 aliphatic carbocycles. The van der Waals surface area contributed by atoms with E-state index in [1.54, 1.807) is 4.90 Å². The Morgan fingerprint density at radius 1 is 1.25 bits per heavy atom. The Balaban J connectivity index is 1.87. The largest absolute Gasteiger partial charge is 0.370 e. The molecule has 1 aromatic carbocycles. The van der Waals surface area contributed by atoms with Crippen LogP contribution in [0.25, 0.3) is 0 Å². The van der Waals surface area contributed by atoms with Crippen molar-refractivity contribution in [1.29, 1.82) is 0 Å². The van der Waals surface area contributed by atoms with E-state index >= 15 is 0 Å². The van der Waals surface area contributed by atoms with Crippen molar-refractivity contribution in [2.75, 3.05) is 32.8 Å². The van der Waals surface area contributed by atoms with E-state index in [1.807, 2.05) is 12.1 Å². The molecule has 2 N–H and O–H groups in total. The molecule has 1 aliphatic rings. The van der Waals surface area contributed by atoms with E-state index in [9.17, 15) is 4.79 Å². The molecule has 0 saturated carbocycles. The van der Waals surface area contributed by atoms with Crippen LogP contribution in [0.15, 0.2) is 24.3 Å². The first-order chi connectivity index (χ1) is 9.65. The van der Waals surface area contributed by atoms with Gasteiger partial charge in [-0.2, -0.15) is 0 Å². The van der Waals surface area contributed by atoms with Gasteiger partial charge in [-0.1, -0.05) is 26.0 Å². The highest BCUT2D eigenvalue weighted by atomic mass is 16.5. The van der Waals surface area contributed by atoms with Crippen LogP contribution in [0.3, 0.4) is 0 Å². The minimum Gasteiger partial charge on any atom is -0.370 e. The zero-order valence-corrected chi connectivity index (χ0v) is 12.4. The Morgan fingerprint density at radius 2 is 1.90 bits per heavy atom. The predicted octanol–water partition coefficient (Wildman–Crippen LogP) is 0.488. The first kappa shape index (κ1) is 15.0. The molecule has 1 heterocycles. The zero-order valence-electron chi connectivity index (χ0n) is 12.4. The summed E-state index contributed by atoms with van der Waals surface area (Å²) in [7, 11) is 0. The van der Waals surface area contributed by atoms with Crippen molar-refractivity contribution in [2.45, 2.75) is 20.4 Å². The van der Waals surface area contributed by atoms with Gasteiger partial charge in [-0.05, 0) is 18.1 Å². The lowest BCUT2D eigenvalue weighted by atomic mass is 10.1. The van der Waals surface area contributed by atoms with Gasteiger partial charge in [0.2, 0.25) is 0 Å². The molecule has 2 rings (SSSR count). The van der Waals surface area contributed by atoms with E-state index in [2.05, 4.69) is 31.3 Å². The summed E-state index contributed by atoms with van der Waals surface area (Å²) in [5.41, 5.74) is 2.02. The number of ether oxygens (including phenoxy) is 1. The van der Waals surface area contributed by atoms with Crippen LogP contribution in [0.5, 0.6) is 0 Å². The molecule has 0 bridgehead atoms. The highest BCUT2D eigenvalue weighted by Crippen LogP contribution is 2.04. The van der Waals surface area contributed by atoms with Gasteiger partial charge < -0.3 is 15.0 Å². The first-order valence-corrected chi connectivity index (χ1v) is 7.43. The molecule has 1 aromatic rings. The fourth-order valence-corrected chi connectivity index (χ4v) is 2.30. The van der Waals surface area contributed by atoms with E-state index in [4.69, 9.17) is 4.74 Å². The second kappa shape index (κ2) is 7.41. The number of quaternary nitrogens is 1. The fourth-order valence-electron chi connectivity index (χ4n) is 2.30. The number of rotatable bonds is 5. The predicted molar refractivity (Wildman–Crippen MR) is 78.8 cm³/mol. The maximum absolute atomic E-state index is 11.9. The third-order valence-corrected chi connectivity index (χ3v) is 3.54. The minimum absolute atomic E-state index is 0.0176. The van der Waals surface area contributed by atoms with Gasteiger partial charge in [0.25, 0.3) is 5.91 Å². The van der Waals surface area contributed by atoms with Crippen LogP contribution in [0.4, 0.5) is 0 Å². The van der Waals surface area contributed by atoms with Gasteiger partial charge in [-0.15, -0.1) is 0 Å². The normalized spacial score (nSPS) is 16.4. The van der Waals surface area contributed by atoms with E-state index in [-0.39, 0.29) is 5.91 Å². The zero-order chi connectivity index (χ0) is 14.4. The van der Waals surface area contributed by atoms with Gasteiger partial charge in [0.15, 0.2) is 0 Å². The summed E-state index contributed by atoms with van der Waals surface area (Å²) in [5.74, 6) is 0.493. The molecule has 0 atom stereocenters. The quantitative estimate of drug-likeness (QED) is 0.822. The molecule has 4 heteroatoms. The maximum Gasteiger partial charge on any atom is 0.251 e. The lowest BCUT2D eigenvalue weighted by Crippen LogP contribution is -3.12. The van der Waals surface area contributed by atoms with Crippen LogP contribution in [0.1, 0.15) is 29.8 Å². The van der Waals surface area contributed by atoms with Gasteiger partial charge in [0.05, 0.1) is 13.2 Å². The van der Waals surface area contributed by atoms with Crippen molar-refractivity contribution < 1.29 is 14.4 Å². The number of hydrogen-bond donors (Lipinski definition) is 2. The molecule has 4 nitrogen and oxygen atoms in total. The molecule has 1 aliphatic heterocycles. The van der Waals surface area contributed by atoms with Crippen LogP contribution in [-0.4, -0.2) is 38.8 Å². The van der Waals surface area contributed by atoms with E-state index in [1.165, 1.54) is 5.56 Å². The SMILES string of the molecule is CC(C)CNC(=O)c1ccc(C[NH+]2CCOCC2)cc1. The molecule has 20 heavy (non-hydrogen) atoms. The first-order valence-electron chi connectivity index (χ1n) is 7.43. The molecule has 0 unspecified atom stereocenters. The Bertz CT molecular complexity index is 423. The maximum atomic E-state index is 11.9. The number of nitrogens with one attached hydrogen (secondary N) is 2. The number of carbonyl (C=O) groups is 1. The number of hydrogen-bond acceptors (Lipinski definition) is 2. The monoisotopic (exact) mass is 277 g/mol. The summed E-state index contributed by atoms with van der Waals surface area (Å²) in [4.78, 5) is 13.5. The van der Waals surface area contributed by atoms with Crippen LogP contribution >= 0.6 is 0 Å². The minimum atomic E-state index is 0.0176. The highest BCUT2D eigenvalue weighted by molar-refractivity contribution is 5.94. The Labute approximate surface area is 121 Å². The highest BCUT2D eigenvalue weighted by Gasteiger charge is 2.14. The number of benzene rings is 1. The summed E-state index contributed by atoms with van der Waals surface area (Å²) in [6.45, 7) is 9.75. The molecule has 1 saturated heterocycles. The van der Waals surface area contributed by atoms with Crippen molar-refractivity contribution in [2.24, 2.45) is 5.92 Å². The van der Waals surface area contributed by atoms with Gasteiger partial charge in [-0.3, -0.25) is 4.79 Å². The Morgan fingerprint density at radius 3 is 2.50 bits per heavy atom.